The lowest BCUT2D eigenvalue weighted by Gasteiger charge is -2.25. The van der Waals surface area contributed by atoms with Crippen molar-refractivity contribution >= 4 is 29.2 Å². The Kier molecular flexibility index (Phi) is 5.95. The first kappa shape index (κ1) is 19.5. The summed E-state index contributed by atoms with van der Waals surface area (Å²) in [5.74, 6) is 0.850. The van der Waals surface area contributed by atoms with Gasteiger partial charge in [0.05, 0.1) is 7.11 Å². The number of aryl methyl sites for hydroxylation is 1. The summed E-state index contributed by atoms with van der Waals surface area (Å²) in [6, 6.07) is 35.7. The van der Waals surface area contributed by atoms with Crippen molar-refractivity contribution < 1.29 is 4.74 Å². The molecule has 0 radical (unpaired) electrons. The molecule has 0 saturated heterocycles. The Morgan fingerprint density at radius 3 is 1.57 bits per heavy atom. The average molecular weight is 392 g/mol. The van der Waals surface area contributed by atoms with E-state index < -0.39 is 0 Å². The van der Waals surface area contributed by atoms with Gasteiger partial charge in [-0.1, -0.05) is 72.3 Å². The third kappa shape index (κ3) is 4.61. The van der Waals surface area contributed by atoms with Gasteiger partial charge >= 0.3 is 0 Å². The Bertz CT molecular complexity index is 1100. The van der Waals surface area contributed by atoms with Crippen LogP contribution < -0.4 is 9.64 Å². The van der Waals surface area contributed by atoms with Crippen LogP contribution in [0.4, 0.5) is 17.1 Å². The van der Waals surface area contributed by atoms with E-state index >= 15 is 0 Å². The standard InChI is InChI=1S/C28H25NO/c1-22-8-10-23(11-9-22)12-13-24-14-16-26(17-15-24)29(25-6-4-3-5-7-25)27-18-20-28(30-2)21-19-27/h3-21H,1-2H3/b13-12+. The zero-order chi connectivity index (χ0) is 20.8. The molecule has 4 rings (SSSR count). The number of hydrogen-bond acceptors (Lipinski definition) is 2. The van der Waals surface area contributed by atoms with Gasteiger partial charge in [0.25, 0.3) is 0 Å². The second-order valence-electron chi connectivity index (χ2n) is 7.20. The highest BCUT2D eigenvalue weighted by molar-refractivity contribution is 5.78. The van der Waals surface area contributed by atoms with Crippen molar-refractivity contribution in [3.63, 3.8) is 0 Å². The van der Waals surface area contributed by atoms with Gasteiger partial charge in [-0.3, -0.25) is 0 Å². The lowest BCUT2D eigenvalue weighted by Crippen LogP contribution is -2.09. The van der Waals surface area contributed by atoms with Crippen molar-refractivity contribution in [2.45, 2.75) is 6.92 Å². The van der Waals surface area contributed by atoms with Crippen LogP contribution in [0, 0.1) is 6.92 Å². The molecule has 0 fully saturated rings. The SMILES string of the molecule is COc1ccc(N(c2ccccc2)c2ccc(/C=C/c3ccc(C)cc3)cc2)cc1. The van der Waals surface area contributed by atoms with E-state index in [1.807, 2.05) is 18.2 Å². The smallest absolute Gasteiger partial charge is 0.119 e. The van der Waals surface area contributed by atoms with Crippen LogP contribution in [-0.2, 0) is 0 Å². The summed E-state index contributed by atoms with van der Waals surface area (Å²) >= 11 is 0. The highest BCUT2D eigenvalue weighted by Gasteiger charge is 2.12. The molecule has 0 atom stereocenters. The minimum absolute atomic E-state index is 0.850. The maximum absolute atomic E-state index is 5.32. The normalized spacial score (nSPS) is 10.9. The molecule has 30 heavy (non-hydrogen) atoms. The van der Waals surface area contributed by atoms with Gasteiger partial charge in [-0.25, -0.2) is 0 Å². The summed E-state index contributed by atoms with van der Waals surface area (Å²) in [6.45, 7) is 2.10. The maximum Gasteiger partial charge on any atom is 0.119 e. The Hall–Kier alpha value is -3.78. The molecule has 4 aromatic rings. The molecular weight excluding hydrogens is 366 g/mol. The van der Waals surface area contributed by atoms with Crippen LogP contribution in [0.5, 0.6) is 5.75 Å². The van der Waals surface area contributed by atoms with Crippen molar-refractivity contribution in [1.82, 2.24) is 0 Å². The van der Waals surface area contributed by atoms with Crippen molar-refractivity contribution in [3.8, 4) is 5.75 Å². The lowest BCUT2D eigenvalue weighted by atomic mass is 10.1. The molecule has 0 aliphatic rings. The highest BCUT2D eigenvalue weighted by atomic mass is 16.5. The Morgan fingerprint density at radius 1 is 0.567 bits per heavy atom. The fourth-order valence-electron chi connectivity index (χ4n) is 3.36. The van der Waals surface area contributed by atoms with Crippen molar-refractivity contribution in [1.29, 1.82) is 0 Å². The van der Waals surface area contributed by atoms with E-state index in [2.05, 4.69) is 109 Å². The van der Waals surface area contributed by atoms with E-state index in [-0.39, 0.29) is 0 Å². The van der Waals surface area contributed by atoms with Gasteiger partial charge in [0.15, 0.2) is 0 Å². The molecule has 0 amide bonds. The molecule has 148 valence electrons. The van der Waals surface area contributed by atoms with E-state index in [1.165, 1.54) is 16.7 Å². The van der Waals surface area contributed by atoms with Crippen LogP contribution in [0.15, 0.2) is 103 Å². The highest BCUT2D eigenvalue weighted by Crippen LogP contribution is 2.35. The van der Waals surface area contributed by atoms with Crippen LogP contribution in [0.1, 0.15) is 16.7 Å². The molecule has 0 heterocycles. The van der Waals surface area contributed by atoms with Gasteiger partial charge < -0.3 is 9.64 Å². The fourth-order valence-corrected chi connectivity index (χ4v) is 3.36. The summed E-state index contributed by atoms with van der Waals surface area (Å²) in [4.78, 5) is 2.24. The molecule has 0 aliphatic carbocycles. The van der Waals surface area contributed by atoms with Crippen LogP contribution in [0.2, 0.25) is 0 Å². The van der Waals surface area contributed by atoms with Gasteiger partial charge in [0.2, 0.25) is 0 Å². The summed E-state index contributed by atoms with van der Waals surface area (Å²) in [5, 5.41) is 0. The number of nitrogens with zero attached hydrogens (tertiary/aromatic N) is 1. The van der Waals surface area contributed by atoms with Gasteiger partial charge in [0, 0.05) is 17.1 Å². The molecule has 0 aliphatic heterocycles. The number of methoxy groups -OCH3 is 1. The van der Waals surface area contributed by atoms with Gasteiger partial charge in [-0.05, 0) is 66.6 Å². The van der Waals surface area contributed by atoms with Crippen molar-refractivity contribution in [3.05, 3.63) is 120 Å². The molecule has 0 unspecified atom stereocenters. The van der Waals surface area contributed by atoms with Crippen LogP contribution in [-0.4, -0.2) is 7.11 Å². The Labute approximate surface area is 178 Å². The largest absolute Gasteiger partial charge is 0.497 e. The number of hydrogen-bond donors (Lipinski definition) is 0. The number of rotatable bonds is 6. The third-order valence-electron chi connectivity index (χ3n) is 5.04. The molecular formula is C28H25NO. The monoisotopic (exact) mass is 391 g/mol. The van der Waals surface area contributed by atoms with E-state index in [4.69, 9.17) is 4.74 Å². The molecule has 0 bridgehead atoms. The lowest BCUT2D eigenvalue weighted by molar-refractivity contribution is 0.415. The third-order valence-corrected chi connectivity index (χ3v) is 5.04. The summed E-state index contributed by atoms with van der Waals surface area (Å²) < 4.78 is 5.32. The minimum Gasteiger partial charge on any atom is -0.497 e. The van der Waals surface area contributed by atoms with Crippen molar-refractivity contribution in [2.24, 2.45) is 0 Å². The number of benzene rings is 4. The minimum atomic E-state index is 0.850. The zero-order valence-electron chi connectivity index (χ0n) is 17.3. The van der Waals surface area contributed by atoms with Crippen molar-refractivity contribution in [2.75, 3.05) is 12.0 Å². The van der Waals surface area contributed by atoms with Gasteiger partial charge in [-0.2, -0.15) is 0 Å². The molecule has 0 spiro atoms. The first-order valence-corrected chi connectivity index (χ1v) is 10.1. The second kappa shape index (κ2) is 9.15. The predicted octanol–water partition coefficient (Wildman–Crippen LogP) is 7.64. The molecule has 4 aromatic carbocycles. The van der Waals surface area contributed by atoms with E-state index in [9.17, 15) is 0 Å². The van der Waals surface area contributed by atoms with E-state index in [0.717, 1.165) is 22.8 Å². The molecule has 0 N–H and O–H groups in total. The molecule has 2 heteroatoms. The topological polar surface area (TPSA) is 12.5 Å². The Morgan fingerprint density at radius 2 is 1.03 bits per heavy atom. The van der Waals surface area contributed by atoms with Gasteiger partial charge in [-0.15, -0.1) is 0 Å². The molecule has 0 aromatic heterocycles. The summed E-state index contributed by atoms with van der Waals surface area (Å²) in [6.07, 6.45) is 4.29. The van der Waals surface area contributed by atoms with E-state index in [1.54, 1.807) is 7.11 Å². The fraction of sp³-hybridized carbons (Fsp3) is 0.0714. The molecule has 0 saturated carbocycles. The number of ether oxygens (including phenoxy) is 1. The van der Waals surface area contributed by atoms with Crippen LogP contribution >= 0.6 is 0 Å². The quantitative estimate of drug-likeness (QED) is 0.313. The van der Waals surface area contributed by atoms with Crippen LogP contribution in [0.25, 0.3) is 12.2 Å². The first-order valence-electron chi connectivity index (χ1n) is 10.1. The van der Waals surface area contributed by atoms with Gasteiger partial charge in [0.1, 0.15) is 5.75 Å². The zero-order valence-corrected chi connectivity index (χ0v) is 17.3. The number of para-hydroxylation sites is 1. The average Bonchev–Trinajstić information content (AvgIpc) is 2.81. The first-order chi connectivity index (χ1) is 14.7. The molecule has 2 nitrogen and oxygen atoms in total. The van der Waals surface area contributed by atoms with Crippen LogP contribution in [0.3, 0.4) is 0 Å². The second-order valence-corrected chi connectivity index (χ2v) is 7.20. The predicted molar refractivity (Wildman–Crippen MR) is 128 cm³/mol. The number of anilines is 3. The van der Waals surface area contributed by atoms with E-state index in [0.29, 0.717) is 0 Å². The summed E-state index contributed by atoms with van der Waals surface area (Å²) in [5.41, 5.74) is 6.96. The maximum atomic E-state index is 5.32. The summed E-state index contributed by atoms with van der Waals surface area (Å²) in [7, 11) is 1.69. The Balaban J connectivity index is 1.63.